The van der Waals surface area contributed by atoms with Gasteiger partial charge in [0.25, 0.3) is 0 Å². The molecule has 0 bridgehead atoms. The van der Waals surface area contributed by atoms with Crippen molar-refractivity contribution in [2.45, 2.75) is 53.6 Å². The zero-order chi connectivity index (χ0) is 12.6. The van der Waals surface area contributed by atoms with Crippen LogP contribution in [-0.2, 0) is 4.74 Å². The molecule has 0 aliphatic carbocycles. The molecule has 1 fully saturated rings. The molecule has 3 heteroatoms. The van der Waals surface area contributed by atoms with Crippen molar-refractivity contribution in [1.29, 1.82) is 0 Å². The molecule has 1 heterocycles. The molecular formula is C13H25NO2. The summed E-state index contributed by atoms with van der Waals surface area (Å²) in [5.41, 5.74) is -0.148. The Hall–Kier alpha value is -0.730. The monoisotopic (exact) mass is 227 g/mol. The summed E-state index contributed by atoms with van der Waals surface area (Å²) >= 11 is 0. The first-order chi connectivity index (χ1) is 7.14. The Kier molecular flexibility index (Phi) is 3.56. The summed E-state index contributed by atoms with van der Waals surface area (Å²) in [5.74, 6) is 0.597. The van der Waals surface area contributed by atoms with Crippen LogP contribution >= 0.6 is 0 Å². The Balaban J connectivity index is 2.57. The minimum absolute atomic E-state index is 0.170. The van der Waals surface area contributed by atoms with E-state index in [1.807, 2.05) is 25.7 Å². The van der Waals surface area contributed by atoms with Crippen molar-refractivity contribution in [3.63, 3.8) is 0 Å². The Morgan fingerprint density at radius 3 is 2.31 bits per heavy atom. The number of amides is 1. The van der Waals surface area contributed by atoms with Crippen LogP contribution in [0.25, 0.3) is 0 Å². The van der Waals surface area contributed by atoms with E-state index in [1.165, 1.54) is 0 Å². The Bertz CT molecular complexity index is 268. The van der Waals surface area contributed by atoms with Crippen molar-refractivity contribution >= 4 is 6.09 Å². The van der Waals surface area contributed by atoms with Gasteiger partial charge >= 0.3 is 6.09 Å². The fraction of sp³-hybridized carbons (Fsp3) is 0.923. The summed E-state index contributed by atoms with van der Waals surface area (Å²) in [7, 11) is 0. The highest BCUT2D eigenvalue weighted by Crippen LogP contribution is 2.37. The Morgan fingerprint density at radius 2 is 1.94 bits per heavy atom. The summed E-state index contributed by atoms with van der Waals surface area (Å²) < 4.78 is 5.38. The van der Waals surface area contributed by atoms with Crippen molar-refractivity contribution < 1.29 is 9.53 Å². The van der Waals surface area contributed by atoms with Crippen LogP contribution in [0.5, 0.6) is 0 Å². The maximum absolute atomic E-state index is 11.9. The lowest BCUT2D eigenvalue weighted by Crippen LogP contribution is -2.37. The molecule has 0 aromatic rings. The molecule has 1 saturated heterocycles. The number of nitrogens with zero attached hydrogens (tertiary/aromatic N) is 1. The van der Waals surface area contributed by atoms with Crippen LogP contribution in [0.3, 0.4) is 0 Å². The molecule has 1 amide bonds. The molecule has 16 heavy (non-hydrogen) atoms. The van der Waals surface area contributed by atoms with Gasteiger partial charge in [-0.2, -0.15) is 0 Å². The average molecular weight is 227 g/mol. The maximum Gasteiger partial charge on any atom is 0.410 e. The second kappa shape index (κ2) is 4.27. The van der Waals surface area contributed by atoms with Gasteiger partial charge in [-0.25, -0.2) is 4.79 Å². The molecule has 1 aliphatic heterocycles. The van der Waals surface area contributed by atoms with E-state index in [0.717, 1.165) is 19.5 Å². The predicted molar refractivity (Wildman–Crippen MR) is 65.4 cm³/mol. The summed E-state index contributed by atoms with van der Waals surface area (Å²) in [6.07, 6.45) is 0.904. The Morgan fingerprint density at radius 1 is 1.38 bits per heavy atom. The van der Waals surface area contributed by atoms with Gasteiger partial charge in [0.05, 0.1) is 0 Å². The van der Waals surface area contributed by atoms with E-state index in [-0.39, 0.29) is 11.5 Å². The summed E-state index contributed by atoms with van der Waals surface area (Å²) in [6, 6.07) is 0. The molecule has 0 radical (unpaired) electrons. The molecule has 0 aromatic heterocycles. The molecular weight excluding hydrogens is 202 g/mol. The molecule has 0 spiro atoms. The second-order valence-electron chi connectivity index (χ2n) is 6.46. The van der Waals surface area contributed by atoms with E-state index < -0.39 is 5.60 Å². The molecule has 0 N–H and O–H groups in total. The minimum Gasteiger partial charge on any atom is -0.444 e. The largest absolute Gasteiger partial charge is 0.444 e. The third-order valence-electron chi connectivity index (χ3n) is 3.55. The smallest absolute Gasteiger partial charge is 0.410 e. The summed E-state index contributed by atoms with van der Waals surface area (Å²) in [6.45, 7) is 14.1. The first-order valence-electron chi connectivity index (χ1n) is 6.12. The van der Waals surface area contributed by atoms with Crippen LogP contribution in [0.4, 0.5) is 4.79 Å². The van der Waals surface area contributed by atoms with Crippen LogP contribution in [-0.4, -0.2) is 29.7 Å². The van der Waals surface area contributed by atoms with Gasteiger partial charge in [0, 0.05) is 13.1 Å². The van der Waals surface area contributed by atoms with E-state index in [9.17, 15) is 4.79 Å². The van der Waals surface area contributed by atoms with Gasteiger partial charge in [-0.1, -0.05) is 20.8 Å². The van der Waals surface area contributed by atoms with Crippen LogP contribution in [0, 0.1) is 11.3 Å². The highest BCUT2D eigenvalue weighted by atomic mass is 16.6. The lowest BCUT2D eigenvalue weighted by Gasteiger charge is -2.29. The number of likely N-dealkylation sites (tertiary alicyclic amines) is 1. The van der Waals surface area contributed by atoms with Gasteiger partial charge in [-0.3, -0.25) is 0 Å². The van der Waals surface area contributed by atoms with Crippen molar-refractivity contribution in [3.8, 4) is 0 Å². The zero-order valence-corrected chi connectivity index (χ0v) is 11.5. The van der Waals surface area contributed by atoms with Crippen LogP contribution in [0.15, 0.2) is 0 Å². The number of ether oxygens (including phenoxy) is 1. The van der Waals surface area contributed by atoms with E-state index in [0.29, 0.717) is 5.92 Å². The van der Waals surface area contributed by atoms with Crippen molar-refractivity contribution in [3.05, 3.63) is 0 Å². The highest BCUT2D eigenvalue weighted by Gasteiger charge is 2.39. The van der Waals surface area contributed by atoms with Gasteiger partial charge in [-0.05, 0) is 38.5 Å². The SMILES string of the molecule is CC(C)C1(C)CCN(C(=O)OC(C)(C)C)C1. The van der Waals surface area contributed by atoms with Gasteiger partial charge in [0.2, 0.25) is 0 Å². The van der Waals surface area contributed by atoms with E-state index >= 15 is 0 Å². The molecule has 1 rings (SSSR count). The molecule has 0 aromatic carbocycles. The maximum atomic E-state index is 11.9. The molecule has 1 unspecified atom stereocenters. The number of hydrogen-bond acceptors (Lipinski definition) is 2. The van der Waals surface area contributed by atoms with E-state index in [4.69, 9.17) is 4.74 Å². The minimum atomic E-state index is -0.395. The fourth-order valence-corrected chi connectivity index (χ4v) is 1.94. The van der Waals surface area contributed by atoms with E-state index in [1.54, 1.807) is 0 Å². The molecule has 1 aliphatic rings. The van der Waals surface area contributed by atoms with Crippen molar-refractivity contribution in [2.24, 2.45) is 11.3 Å². The number of carbonyl (C=O) groups is 1. The summed E-state index contributed by atoms with van der Waals surface area (Å²) in [4.78, 5) is 13.7. The normalized spacial score (nSPS) is 26.3. The van der Waals surface area contributed by atoms with Crippen LogP contribution in [0.1, 0.15) is 48.0 Å². The van der Waals surface area contributed by atoms with Crippen molar-refractivity contribution in [2.75, 3.05) is 13.1 Å². The van der Waals surface area contributed by atoms with Gasteiger partial charge in [0.1, 0.15) is 5.60 Å². The topological polar surface area (TPSA) is 29.5 Å². The average Bonchev–Trinajstić information content (AvgIpc) is 2.46. The van der Waals surface area contributed by atoms with Crippen LogP contribution in [0.2, 0.25) is 0 Å². The number of rotatable bonds is 1. The van der Waals surface area contributed by atoms with Gasteiger partial charge in [0.15, 0.2) is 0 Å². The lowest BCUT2D eigenvalue weighted by molar-refractivity contribution is 0.0266. The molecule has 0 saturated carbocycles. The summed E-state index contributed by atoms with van der Waals surface area (Å²) in [5, 5.41) is 0. The van der Waals surface area contributed by atoms with E-state index in [2.05, 4.69) is 20.8 Å². The second-order valence-corrected chi connectivity index (χ2v) is 6.46. The first kappa shape index (κ1) is 13.3. The fourth-order valence-electron chi connectivity index (χ4n) is 1.94. The lowest BCUT2D eigenvalue weighted by atomic mass is 9.79. The zero-order valence-electron chi connectivity index (χ0n) is 11.5. The van der Waals surface area contributed by atoms with Crippen LogP contribution < -0.4 is 0 Å². The number of hydrogen-bond donors (Lipinski definition) is 0. The third kappa shape index (κ3) is 3.13. The van der Waals surface area contributed by atoms with Crippen molar-refractivity contribution in [1.82, 2.24) is 4.90 Å². The third-order valence-corrected chi connectivity index (χ3v) is 3.55. The number of carbonyl (C=O) groups excluding carboxylic acids is 1. The standard InChI is InChI=1S/C13H25NO2/c1-10(2)13(6)7-8-14(9-13)11(15)16-12(3,4)5/h10H,7-9H2,1-6H3. The first-order valence-corrected chi connectivity index (χ1v) is 6.12. The van der Waals surface area contributed by atoms with Gasteiger partial charge in [-0.15, -0.1) is 0 Å². The predicted octanol–water partition coefficient (Wildman–Crippen LogP) is 3.29. The molecule has 1 atom stereocenters. The molecule has 94 valence electrons. The Labute approximate surface area is 99.1 Å². The van der Waals surface area contributed by atoms with Gasteiger partial charge < -0.3 is 9.64 Å². The quantitative estimate of drug-likeness (QED) is 0.688. The molecule has 3 nitrogen and oxygen atoms in total. The highest BCUT2D eigenvalue weighted by molar-refractivity contribution is 5.68.